The first-order valence-electron chi connectivity index (χ1n) is 4.84. The third-order valence-corrected chi connectivity index (χ3v) is 3.52. The number of nitrogens with two attached hydrogens (primary N) is 1. The van der Waals surface area contributed by atoms with Gasteiger partial charge < -0.3 is 10.5 Å². The molecule has 0 fully saturated rings. The molecular formula is C10H13Cl2NO3S. The molecule has 0 aliphatic rings. The Morgan fingerprint density at radius 2 is 1.82 bits per heavy atom. The number of sulfone groups is 1. The zero-order valence-corrected chi connectivity index (χ0v) is 11.6. The van der Waals surface area contributed by atoms with E-state index in [4.69, 9.17) is 33.7 Å². The van der Waals surface area contributed by atoms with Gasteiger partial charge in [-0.15, -0.1) is 0 Å². The Morgan fingerprint density at radius 3 is 2.29 bits per heavy atom. The van der Waals surface area contributed by atoms with Crippen molar-refractivity contribution in [1.29, 1.82) is 0 Å². The summed E-state index contributed by atoms with van der Waals surface area (Å²) in [5.41, 5.74) is 5.98. The first kappa shape index (κ1) is 14.4. The Bertz CT molecular complexity index is 479. The second kappa shape index (κ2) is 5.80. The van der Waals surface area contributed by atoms with Gasteiger partial charge in [0.15, 0.2) is 5.75 Å². The van der Waals surface area contributed by atoms with Gasteiger partial charge in [-0.1, -0.05) is 23.2 Å². The zero-order chi connectivity index (χ0) is 13.1. The Balaban J connectivity index is 2.58. The van der Waals surface area contributed by atoms with Crippen LogP contribution in [-0.2, 0) is 9.84 Å². The first-order valence-corrected chi connectivity index (χ1v) is 7.66. The van der Waals surface area contributed by atoms with Gasteiger partial charge in [0.25, 0.3) is 0 Å². The van der Waals surface area contributed by atoms with E-state index in [9.17, 15) is 8.42 Å². The summed E-state index contributed by atoms with van der Waals surface area (Å²) in [6, 6.07) is 3.05. The van der Waals surface area contributed by atoms with E-state index < -0.39 is 9.84 Å². The van der Waals surface area contributed by atoms with Crippen molar-refractivity contribution < 1.29 is 13.2 Å². The maximum Gasteiger partial charge on any atom is 0.156 e. The predicted molar refractivity (Wildman–Crippen MR) is 70.7 cm³/mol. The van der Waals surface area contributed by atoms with Crippen LogP contribution >= 0.6 is 23.2 Å². The maximum absolute atomic E-state index is 10.9. The van der Waals surface area contributed by atoms with Crippen molar-refractivity contribution >= 4 is 38.7 Å². The van der Waals surface area contributed by atoms with E-state index in [0.717, 1.165) is 0 Å². The van der Waals surface area contributed by atoms with Crippen LogP contribution in [0.25, 0.3) is 0 Å². The Hall–Kier alpha value is -0.650. The minimum atomic E-state index is -2.97. The van der Waals surface area contributed by atoms with E-state index >= 15 is 0 Å². The van der Waals surface area contributed by atoms with E-state index in [1.54, 1.807) is 0 Å². The number of benzene rings is 1. The molecular weight excluding hydrogens is 285 g/mol. The highest BCUT2D eigenvalue weighted by atomic mass is 35.5. The quantitative estimate of drug-likeness (QED) is 0.669. The second-order valence-electron chi connectivity index (χ2n) is 3.65. The number of rotatable bonds is 5. The molecule has 7 heteroatoms. The normalized spacial score (nSPS) is 11.5. The van der Waals surface area contributed by atoms with Crippen molar-refractivity contribution in [2.45, 2.75) is 6.42 Å². The molecule has 0 amide bonds. The highest BCUT2D eigenvalue weighted by Gasteiger charge is 2.09. The first-order chi connectivity index (χ1) is 7.79. The van der Waals surface area contributed by atoms with Crippen LogP contribution in [0.15, 0.2) is 12.1 Å². The number of nitrogen functional groups attached to an aromatic ring is 1. The van der Waals surface area contributed by atoms with Crippen molar-refractivity contribution in [3.8, 4) is 5.75 Å². The number of halogens is 2. The molecule has 0 atom stereocenters. The molecule has 4 nitrogen and oxygen atoms in total. The highest BCUT2D eigenvalue weighted by Crippen LogP contribution is 2.35. The second-order valence-corrected chi connectivity index (χ2v) is 6.72. The third-order valence-electron chi connectivity index (χ3n) is 1.93. The third kappa shape index (κ3) is 5.02. The van der Waals surface area contributed by atoms with E-state index in [0.29, 0.717) is 27.9 Å². The van der Waals surface area contributed by atoms with Crippen LogP contribution in [0.4, 0.5) is 5.69 Å². The van der Waals surface area contributed by atoms with Crippen LogP contribution in [0.1, 0.15) is 6.42 Å². The van der Waals surface area contributed by atoms with Gasteiger partial charge in [0.05, 0.1) is 22.4 Å². The largest absolute Gasteiger partial charge is 0.490 e. The Labute approximate surface area is 111 Å². The number of hydrogen-bond donors (Lipinski definition) is 1. The molecule has 1 aromatic rings. The zero-order valence-electron chi connectivity index (χ0n) is 9.24. The minimum Gasteiger partial charge on any atom is -0.490 e. The van der Waals surface area contributed by atoms with Crippen LogP contribution in [0, 0.1) is 0 Å². The van der Waals surface area contributed by atoms with Gasteiger partial charge in [0.1, 0.15) is 9.84 Å². The van der Waals surface area contributed by atoms with Crippen LogP contribution in [0.5, 0.6) is 5.75 Å². The van der Waals surface area contributed by atoms with Crippen LogP contribution in [0.2, 0.25) is 10.0 Å². The molecule has 17 heavy (non-hydrogen) atoms. The minimum absolute atomic E-state index is 0.0667. The van der Waals surface area contributed by atoms with Crippen molar-refractivity contribution in [1.82, 2.24) is 0 Å². The lowest BCUT2D eigenvalue weighted by molar-refractivity contribution is 0.318. The summed E-state index contributed by atoms with van der Waals surface area (Å²) in [7, 11) is -2.97. The van der Waals surface area contributed by atoms with Crippen LogP contribution in [-0.4, -0.2) is 27.0 Å². The molecule has 0 spiro atoms. The molecule has 0 heterocycles. The van der Waals surface area contributed by atoms with Gasteiger partial charge in [0.2, 0.25) is 0 Å². The van der Waals surface area contributed by atoms with Gasteiger partial charge >= 0.3 is 0 Å². The van der Waals surface area contributed by atoms with Crippen LogP contribution in [0.3, 0.4) is 0 Å². The average Bonchev–Trinajstić information content (AvgIpc) is 2.13. The molecule has 1 aromatic carbocycles. The Kier molecular flexibility index (Phi) is 4.91. The molecule has 0 radical (unpaired) electrons. The summed E-state index contributed by atoms with van der Waals surface area (Å²) >= 11 is 11.8. The van der Waals surface area contributed by atoms with Gasteiger partial charge in [-0.25, -0.2) is 8.42 Å². The summed E-state index contributed by atoms with van der Waals surface area (Å²) in [6.07, 6.45) is 1.56. The van der Waals surface area contributed by atoms with E-state index in [1.807, 2.05) is 0 Å². The van der Waals surface area contributed by atoms with E-state index in [1.165, 1.54) is 18.4 Å². The van der Waals surface area contributed by atoms with Crippen molar-refractivity contribution in [2.75, 3.05) is 24.3 Å². The standard InChI is InChI=1S/C10H13Cl2NO3S/c1-17(14,15)4-2-3-16-10-8(11)5-7(13)6-9(10)12/h5-6H,2-4,13H2,1H3. The monoisotopic (exact) mass is 297 g/mol. The lowest BCUT2D eigenvalue weighted by Crippen LogP contribution is -2.08. The van der Waals surface area contributed by atoms with Crippen molar-refractivity contribution in [3.05, 3.63) is 22.2 Å². The topological polar surface area (TPSA) is 69.4 Å². The Morgan fingerprint density at radius 1 is 1.29 bits per heavy atom. The van der Waals surface area contributed by atoms with E-state index in [-0.39, 0.29) is 12.4 Å². The summed E-state index contributed by atoms with van der Waals surface area (Å²) in [6.45, 7) is 0.233. The van der Waals surface area contributed by atoms with Gasteiger partial charge in [-0.2, -0.15) is 0 Å². The van der Waals surface area contributed by atoms with Gasteiger partial charge in [-0.05, 0) is 18.6 Å². The fourth-order valence-electron chi connectivity index (χ4n) is 1.21. The SMILES string of the molecule is CS(=O)(=O)CCCOc1c(Cl)cc(N)cc1Cl. The fourth-order valence-corrected chi connectivity index (χ4v) is 2.47. The summed E-state index contributed by atoms with van der Waals surface area (Å²) in [5, 5.41) is 0.628. The van der Waals surface area contributed by atoms with Gasteiger partial charge in [0, 0.05) is 11.9 Å². The van der Waals surface area contributed by atoms with Crippen LogP contribution < -0.4 is 10.5 Å². The maximum atomic E-state index is 10.9. The molecule has 0 unspecified atom stereocenters. The molecule has 2 N–H and O–H groups in total. The molecule has 0 bridgehead atoms. The summed E-state index contributed by atoms with van der Waals surface area (Å²) in [4.78, 5) is 0. The number of anilines is 1. The lowest BCUT2D eigenvalue weighted by Gasteiger charge is -2.10. The molecule has 0 aromatic heterocycles. The average molecular weight is 298 g/mol. The molecule has 0 aliphatic carbocycles. The highest BCUT2D eigenvalue weighted by molar-refractivity contribution is 7.90. The molecule has 0 aliphatic heterocycles. The van der Waals surface area contributed by atoms with Crippen molar-refractivity contribution in [3.63, 3.8) is 0 Å². The summed E-state index contributed by atoms with van der Waals surface area (Å²) in [5.74, 6) is 0.396. The predicted octanol–water partition coefficient (Wildman–Crippen LogP) is 2.39. The summed E-state index contributed by atoms with van der Waals surface area (Å²) < 4.78 is 27.1. The van der Waals surface area contributed by atoms with Crippen molar-refractivity contribution in [2.24, 2.45) is 0 Å². The fraction of sp³-hybridized carbons (Fsp3) is 0.400. The molecule has 0 saturated carbocycles. The smallest absolute Gasteiger partial charge is 0.156 e. The van der Waals surface area contributed by atoms with Gasteiger partial charge in [-0.3, -0.25) is 0 Å². The molecule has 0 saturated heterocycles. The lowest BCUT2D eigenvalue weighted by atomic mass is 10.3. The molecule has 1 rings (SSSR count). The number of hydrogen-bond acceptors (Lipinski definition) is 4. The number of ether oxygens (including phenoxy) is 1. The van der Waals surface area contributed by atoms with E-state index in [2.05, 4.69) is 0 Å². The molecule has 96 valence electrons.